The van der Waals surface area contributed by atoms with E-state index >= 15 is 0 Å². The predicted molar refractivity (Wildman–Crippen MR) is 87.3 cm³/mol. The van der Waals surface area contributed by atoms with E-state index in [0.717, 1.165) is 23.0 Å². The van der Waals surface area contributed by atoms with E-state index in [-0.39, 0.29) is 5.56 Å². The van der Waals surface area contributed by atoms with Gasteiger partial charge in [-0.05, 0) is 26.0 Å². The number of rotatable bonds is 3. The van der Waals surface area contributed by atoms with Gasteiger partial charge in [-0.3, -0.25) is 9.89 Å². The summed E-state index contributed by atoms with van der Waals surface area (Å²) in [5.41, 5.74) is 7.81. The first-order valence-corrected chi connectivity index (χ1v) is 7.71. The SMILES string of the molecule is Cc1[nH]nc2c1c(=O)n(CCCN)c1cc3c(cc21)OCCO3. The Morgan fingerprint density at radius 1 is 1.30 bits per heavy atom. The molecule has 1 aliphatic rings. The lowest BCUT2D eigenvalue weighted by Gasteiger charge is -2.20. The number of fused-ring (bicyclic) bond motifs is 4. The number of ether oxygens (including phenoxy) is 2. The smallest absolute Gasteiger partial charge is 0.262 e. The molecule has 0 fully saturated rings. The molecular weight excluding hydrogens is 296 g/mol. The third kappa shape index (κ3) is 2.08. The molecule has 3 aromatic rings. The number of H-pyrrole nitrogens is 1. The van der Waals surface area contributed by atoms with Gasteiger partial charge in [-0.1, -0.05) is 0 Å². The van der Waals surface area contributed by atoms with Gasteiger partial charge in [0.05, 0.1) is 10.9 Å². The van der Waals surface area contributed by atoms with Crippen LogP contribution in [-0.4, -0.2) is 34.5 Å². The van der Waals surface area contributed by atoms with Crippen LogP contribution in [0.4, 0.5) is 0 Å². The molecule has 1 aromatic carbocycles. The Labute approximate surface area is 132 Å². The Hall–Kier alpha value is -2.54. The minimum absolute atomic E-state index is 0.0520. The molecule has 2 aromatic heterocycles. The molecule has 1 aliphatic heterocycles. The zero-order valence-electron chi connectivity index (χ0n) is 12.9. The maximum atomic E-state index is 12.9. The molecule has 7 heteroatoms. The average Bonchev–Trinajstić information content (AvgIpc) is 2.95. The number of nitrogens with two attached hydrogens (primary N) is 1. The third-order valence-electron chi connectivity index (χ3n) is 4.20. The summed E-state index contributed by atoms with van der Waals surface area (Å²) < 4.78 is 13.1. The van der Waals surface area contributed by atoms with Crippen molar-refractivity contribution < 1.29 is 9.47 Å². The Morgan fingerprint density at radius 3 is 2.78 bits per heavy atom. The van der Waals surface area contributed by atoms with Gasteiger partial charge < -0.3 is 19.8 Å². The summed E-state index contributed by atoms with van der Waals surface area (Å²) in [6.07, 6.45) is 0.728. The standard InChI is InChI=1S/C16H18N4O3/c1-9-14-15(19-18-9)10-7-12-13(23-6-5-22-12)8-11(10)20(16(14)21)4-2-3-17/h7-8H,2-6,17H2,1H3,(H,18,19). The van der Waals surface area contributed by atoms with Gasteiger partial charge in [0, 0.05) is 23.7 Å². The zero-order valence-corrected chi connectivity index (χ0v) is 12.9. The van der Waals surface area contributed by atoms with Crippen LogP contribution in [-0.2, 0) is 6.54 Å². The minimum Gasteiger partial charge on any atom is -0.486 e. The average molecular weight is 314 g/mol. The van der Waals surface area contributed by atoms with Crippen LogP contribution in [0.2, 0.25) is 0 Å². The molecular formula is C16H18N4O3. The monoisotopic (exact) mass is 314 g/mol. The molecule has 0 aliphatic carbocycles. The van der Waals surface area contributed by atoms with E-state index in [1.165, 1.54) is 0 Å². The summed E-state index contributed by atoms with van der Waals surface area (Å²) >= 11 is 0. The molecule has 0 spiro atoms. The van der Waals surface area contributed by atoms with E-state index in [1.807, 2.05) is 19.1 Å². The van der Waals surface area contributed by atoms with Crippen LogP contribution >= 0.6 is 0 Å². The summed E-state index contributed by atoms with van der Waals surface area (Å²) in [4.78, 5) is 12.9. The van der Waals surface area contributed by atoms with Crippen LogP contribution in [0, 0.1) is 6.92 Å². The molecule has 0 atom stereocenters. The van der Waals surface area contributed by atoms with Gasteiger partial charge in [-0.2, -0.15) is 5.10 Å². The lowest BCUT2D eigenvalue weighted by Crippen LogP contribution is -2.23. The molecule has 3 N–H and O–H groups in total. The number of nitrogens with zero attached hydrogens (tertiary/aromatic N) is 2. The highest BCUT2D eigenvalue weighted by molar-refractivity contribution is 6.05. The van der Waals surface area contributed by atoms with Gasteiger partial charge in [0.25, 0.3) is 5.56 Å². The van der Waals surface area contributed by atoms with Crippen LogP contribution in [0.3, 0.4) is 0 Å². The number of hydrogen-bond donors (Lipinski definition) is 2. The molecule has 120 valence electrons. The fourth-order valence-corrected chi connectivity index (χ4v) is 3.09. The fraction of sp³-hybridized carbons (Fsp3) is 0.375. The number of benzene rings is 1. The second kappa shape index (κ2) is 5.27. The van der Waals surface area contributed by atoms with Crippen molar-refractivity contribution >= 4 is 21.8 Å². The van der Waals surface area contributed by atoms with Crippen molar-refractivity contribution in [3.8, 4) is 11.5 Å². The Bertz CT molecular complexity index is 957. The number of nitrogens with one attached hydrogen (secondary N) is 1. The third-order valence-corrected chi connectivity index (χ3v) is 4.20. The largest absolute Gasteiger partial charge is 0.486 e. The first-order valence-electron chi connectivity index (χ1n) is 7.71. The maximum absolute atomic E-state index is 12.9. The molecule has 0 radical (unpaired) electrons. The minimum atomic E-state index is -0.0520. The summed E-state index contributed by atoms with van der Waals surface area (Å²) in [5, 5.41) is 8.73. The Morgan fingerprint density at radius 2 is 2.04 bits per heavy atom. The highest BCUT2D eigenvalue weighted by atomic mass is 16.6. The zero-order chi connectivity index (χ0) is 16.0. The molecule has 23 heavy (non-hydrogen) atoms. The van der Waals surface area contributed by atoms with Crippen molar-refractivity contribution in [1.29, 1.82) is 0 Å². The topological polar surface area (TPSA) is 95.2 Å². The summed E-state index contributed by atoms with van der Waals surface area (Å²) in [6, 6.07) is 3.77. The van der Waals surface area contributed by atoms with E-state index in [4.69, 9.17) is 15.2 Å². The van der Waals surface area contributed by atoms with Gasteiger partial charge in [-0.15, -0.1) is 0 Å². The van der Waals surface area contributed by atoms with Crippen LogP contribution in [0.5, 0.6) is 11.5 Å². The van der Waals surface area contributed by atoms with Crippen molar-refractivity contribution in [1.82, 2.24) is 14.8 Å². The van der Waals surface area contributed by atoms with E-state index in [2.05, 4.69) is 10.2 Å². The molecule has 0 amide bonds. The maximum Gasteiger partial charge on any atom is 0.262 e. The van der Waals surface area contributed by atoms with Gasteiger partial charge in [0.1, 0.15) is 18.7 Å². The lowest BCUT2D eigenvalue weighted by molar-refractivity contribution is 0.172. The number of hydrogen-bond acceptors (Lipinski definition) is 5. The summed E-state index contributed by atoms with van der Waals surface area (Å²) in [5.74, 6) is 1.35. The lowest BCUT2D eigenvalue weighted by atomic mass is 10.1. The highest BCUT2D eigenvalue weighted by Crippen LogP contribution is 2.36. The van der Waals surface area contributed by atoms with E-state index in [0.29, 0.717) is 48.7 Å². The molecule has 7 nitrogen and oxygen atoms in total. The molecule has 0 unspecified atom stereocenters. The van der Waals surface area contributed by atoms with Crippen LogP contribution in [0.1, 0.15) is 12.1 Å². The molecule has 0 bridgehead atoms. The van der Waals surface area contributed by atoms with Crippen molar-refractivity contribution in [2.75, 3.05) is 19.8 Å². The number of pyridine rings is 1. The van der Waals surface area contributed by atoms with Crippen molar-refractivity contribution in [2.24, 2.45) is 5.73 Å². The second-order valence-electron chi connectivity index (χ2n) is 5.68. The number of aromatic amines is 1. The molecule has 4 rings (SSSR count). The predicted octanol–water partition coefficient (Wildman–Crippen LogP) is 1.31. The highest BCUT2D eigenvalue weighted by Gasteiger charge is 2.20. The first kappa shape index (κ1) is 14.1. The second-order valence-corrected chi connectivity index (χ2v) is 5.68. The van der Waals surface area contributed by atoms with Gasteiger partial charge in [-0.25, -0.2) is 0 Å². The van der Waals surface area contributed by atoms with E-state index in [9.17, 15) is 4.79 Å². The van der Waals surface area contributed by atoms with Crippen molar-refractivity contribution in [3.63, 3.8) is 0 Å². The molecule has 0 saturated heterocycles. The van der Waals surface area contributed by atoms with Gasteiger partial charge >= 0.3 is 0 Å². The van der Waals surface area contributed by atoms with Gasteiger partial charge in [0.15, 0.2) is 11.5 Å². The van der Waals surface area contributed by atoms with Crippen LogP contribution in [0.15, 0.2) is 16.9 Å². The Kier molecular flexibility index (Phi) is 3.23. The van der Waals surface area contributed by atoms with E-state index < -0.39 is 0 Å². The number of aryl methyl sites for hydroxylation is 2. The van der Waals surface area contributed by atoms with Crippen molar-refractivity contribution in [2.45, 2.75) is 19.9 Å². The quantitative estimate of drug-likeness (QED) is 0.760. The van der Waals surface area contributed by atoms with Crippen LogP contribution in [0.25, 0.3) is 21.8 Å². The number of aromatic nitrogens is 3. The molecule has 0 saturated carbocycles. The molecule has 3 heterocycles. The Balaban J connectivity index is 2.11. The van der Waals surface area contributed by atoms with Gasteiger partial charge in [0.2, 0.25) is 0 Å². The van der Waals surface area contributed by atoms with E-state index in [1.54, 1.807) is 4.57 Å². The van der Waals surface area contributed by atoms with Crippen molar-refractivity contribution in [3.05, 3.63) is 28.2 Å². The normalized spacial score (nSPS) is 13.8. The summed E-state index contributed by atoms with van der Waals surface area (Å²) in [7, 11) is 0. The first-order chi connectivity index (χ1) is 11.2. The fourth-order valence-electron chi connectivity index (χ4n) is 3.09. The summed E-state index contributed by atoms with van der Waals surface area (Å²) in [6.45, 7) is 3.98. The van der Waals surface area contributed by atoms with Crippen LogP contribution < -0.4 is 20.8 Å².